The van der Waals surface area contributed by atoms with Crippen molar-refractivity contribution in [2.45, 2.75) is 6.92 Å². The Morgan fingerprint density at radius 3 is 2.64 bits per heavy atom. The van der Waals surface area contributed by atoms with E-state index in [0.717, 1.165) is 11.3 Å². The molecule has 22 heavy (non-hydrogen) atoms. The van der Waals surface area contributed by atoms with Gasteiger partial charge in [0.1, 0.15) is 11.8 Å². The first-order valence-corrected chi connectivity index (χ1v) is 6.94. The predicted octanol–water partition coefficient (Wildman–Crippen LogP) is 3.61. The maximum absolute atomic E-state index is 11.9. The molecule has 0 unspecified atom stereocenters. The van der Waals surface area contributed by atoms with Gasteiger partial charge in [0.2, 0.25) is 5.91 Å². The molecule has 2 aromatic carbocycles. The molecular formula is C18H16N2O2. The van der Waals surface area contributed by atoms with E-state index in [4.69, 9.17) is 10.00 Å². The van der Waals surface area contributed by atoms with Crippen LogP contribution in [0.15, 0.2) is 54.6 Å². The molecule has 4 nitrogen and oxygen atoms in total. The molecule has 0 radical (unpaired) electrons. The van der Waals surface area contributed by atoms with Crippen molar-refractivity contribution in [3.8, 4) is 11.8 Å². The topological polar surface area (TPSA) is 62.1 Å². The molecule has 110 valence electrons. The van der Waals surface area contributed by atoms with Gasteiger partial charge in [-0.2, -0.15) is 5.26 Å². The molecule has 2 aromatic rings. The number of anilines is 1. The number of amides is 1. The molecule has 1 N–H and O–H groups in total. The predicted molar refractivity (Wildman–Crippen MR) is 86.4 cm³/mol. The van der Waals surface area contributed by atoms with Crippen LogP contribution in [0.3, 0.4) is 0 Å². The van der Waals surface area contributed by atoms with Gasteiger partial charge in [-0.15, -0.1) is 0 Å². The number of nitriles is 1. The third-order valence-corrected chi connectivity index (χ3v) is 2.92. The van der Waals surface area contributed by atoms with E-state index in [2.05, 4.69) is 5.32 Å². The van der Waals surface area contributed by atoms with E-state index in [1.54, 1.807) is 30.3 Å². The molecule has 1 amide bonds. The molecule has 0 atom stereocenters. The summed E-state index contributed by atoms with van der Waals surface area (Å²) >= 11 is 0. The number of benzene rings is 2. The lowest BCUT2D eigenvalue weighted by atomic mass is 10.2. The van der Waals surface area contributed by atoms with E-state index >= 15 is 0 Å². The highest BCUT2D eigenvalue weighted by molar-refractivity contribution is 6.02. The standard InChI is InChI=1S/C18H16N2O2/c1-2-22-16-10-7-14(8-11-16)9-12-18(21)20-17-6-4-3-5-15(17)13-19/h3-12H,2H2,1H3,(H,20,21)/b12-9+. The van der Waals surface area contributed by atoms with Gasteiger partial charge < -0.3 is 10.1 Å². The second kappa shape index (κ2) is 7.65. The Balaban J connectivity index is 2.01. The number of carbonyl (C=O) groups is 1. The monoisotopic (exact) mass is 292 g/mol. The molecule has 2 rings (SSSR count). The van der Waals surface area contributed by atoms with Crippen LogP contribution in [0.4, 0.5) is 5.69 Å². The highest BCUT2D eigenvalue weighted by Gasteiger charge is 2.03. The van der Waals surface area contributed by atoms with Crippen molar-refractivity contribution in [1.29, 1.82) is 5.26 Å². The van der Waals surface area contributed by atoms with Crippen LogP contribution >= 0.6 is 0 Å². The third-order valence-electron chi connectivity index (χ3n) is 2.92. The first-order chi connectivity index (χ1) is 10.7. The van der Waals surface area contributed by atoms with Crippen molar-refractivity contribution in [1.82, 2.24) is 0 Å². The minimum Gasteiger partial charge on any atom is -0.494 e. The molecule has 0 bridgehead atoms. The molecule has 0 saturated carbocycles. The van der Waals surface area contributed by atoms with E-state index in [9.17, 15) is 4.79 Å². The molecular weight excluding hydrogens is 276 g/mol. The minimum absolute atomic E-state index is 0.281. The zero-order valence-corrected chi connectivity index (χ0v) is 12.2. The zero-order chi connectivity index (χ0) is 15.8. The molecule has 0 heterocycles. The van der Waals surface area contributed by atoms with Gasteiger partial charge in [0.15, 0.2) is 0 Å². The Hall–Kier alpha value is -3.06. The fourth-order valence-electron chi connectivity index (χ4n) is 1.88. The minimum atomic E-state index is -0.281. The van der Waals surface area contributed by atoms with Crippen LogP contribution in [0, 0.1) is 11.3 Å². The van der Waals surface area contributed by atoms with Gasteiger partial charge in [0.25, 0.3) is 0 Å². The largest absolute Gasteiger partial charge is 0.494 e. The molecule has 0 aromatic heterocycles. The maximum Gasteiger partial charge on any atom is 0.248 e. The first-order valence-electron chi connectivity index (χ1n) is 6.94. The van der Waals surface area contributed by atoms with E-state index in [-0.39, 0.29) is 5.91 Å². The Morgan fingerprint density at radius 2 is 1.95 bits per heavy atom. The van der Waals surface area contributed by atoms with E-state index in [1.807, 2.05) is 37.3 Å². The first kappa shape index (κ1) is 15.3. The molecule has 0 spiro atoms. The van der Waals surface area contributed by atoms with Crippen LogP contribution in [-0.2, 0) is 4.79 Å². The van der Waals surface area contributed by atoms with Gasteiger partial charge in [-0.05, 0) is 42.8 Å². The van der Waals surface area contributed by atoms with Gasteiger partial charge in [0, 0.05) is 6.08 Å². The summed E-state index contributed by atoms with van der Waals surface area (Å²) in [6, 6.07) is 16.4. The fraction of sp³-hybridized carbons (Fsp3) is 0.111. The smallest absolute Gasteiger partial charge is 0.248 e. The molecule has 0 saturated heterocycles. The highest BCUT2D eigenvalue weighted by atomic mass is 16.5. The maximum atomic E-state index is 11.9. The fourth-order valence-corrected chi connectivity index (χ4v) is 1.88. The molecule has 0 fully saturated rings. The number of rotatable bonds is 5. The number of carbonyl (C=O) groups excluding carboxylic acids is 1. The van der Waals surface area contributed by atoms with Gasteiger partial charge in [-0.1, -0.05) is 24.3 Å². The molecule has 0 aliphatic rings. The van der Waals surface area contributed by atoms with Gasteiger partial charge in [0.05, 0.1) is 17.9 Å². The number of hydrogen-bond acceptors (Lipinski definition) is 3. The summed E-state index contributed by atoms with van der Waals surface area (Å²) in [6.45, 7) is 2.55. The number of ether oxygens (including phenoxy) is 1. The van der Waals surface area contributed by atoms with Crippen molar-refractivity contribution >= 4 is 17.7 Å². The second-order valence-corrected chi connectivity index (χ2v) is 4.48. The molecule has 0 aliphatic carbocycles. The average molecular weight is 292 g/mol. The Bertz CT molecular complexity index is 713. The second-order valence-electron chi connectivity index (χ2n) is 4.48. The van der Waals surface area contributed by atoms with Crippen molar-refractivity contribution in [2.75, 3.05) is 11.9 Å². The molecule has 4 heteroatoms. The summed E-state index contributed by atoms with van der Waals surface area (Å²) in [6.07, 6.45) is 3.14. The summed E-state index contributed by atoms with van der Waals surface area (Å²) in [7, 11) is 0. The normalized spacial score (nSPS) is 10.2. The van der Waals surface area contributed by atoms with Crippen molar-refractivity contribution < 1.29 is 9.53 Å². The van der Waals surface area contributed by atoms with E-state index in [1.165, 1.54) is 6.08 Å². The van der Waals surface area contributed by atoms with E-state index in [0.29, 0.717) is 17.9 Å². The molecule has 0 aliphatic heterocycles. The highest BCUT2D eigenvalue weighted by Crippen LogP contribution is 2.15. The Morgan fingerprint density at radius 1 is 1.23 bits per heavy atom. The van der Waals surface area contributed by atoms with Gasteiger partial charge in [-0.25, -0.2) is 0 Å². The van der Waals surface area contributed by atoms with Crippen molar-refractivity contribution in [3.63, 3.8) is 0 Å². The lowest BCUT2D eigenvalue weighted by Gasteiger charge is -2.04. The summed E-state index contributed by atoms with van der Waals surface area (Å²) in [5.41, 5.74) is 1.84. The zero-order valence-electron chi connectivity index (χ0n) is 12.2. The number of nitrogens with one attached hydrogen (secondary N) is 1. The summed E-state index contributed by atoms with van der Waals surface area (Å²) in [5.74, 6) is 0.517. The van der Waals surface area contributed by atoms with Crippen molar-refractivity contribution in [3.05, 3.63) is 65.7 Å². The summed E-state index contributed by atoms with van der Waals surface area (Å²) < 4.78 is 5.36. The van der Waals surface area contributed by atoms with Crippen molar-refractivity contribution in [2.24, 2.45) is 0 Å². The van der Waals surface area contributed by atoms with Crippen LogP contribution < -0.4 is 10.1 Å². The number of hydrogen-bond donors (Lipinski definition) is 1. The average Bonchev–Trinajstić information content (AvgIpc) is 2.55. The quantitative estimate of drug-likeness (QED) is 0.856. The lowest BCUT2D eigenvalue weighted by Crippen LogP contribution is -2.08. The van der Waals surface area contributed by atoms with Gasteiger partial charge >= 0.3 is 0 Å². The van der Waals surface area contributed by atoms with Crippen LogP contribution in [0.1, 0.15) is 18.1 Å². The summed E-state index contributed by atoms with van der Waals surface area (Å²) in [5, 5.41) is 11.7. The van der Waals surface area contributed by atoms with Crippen LogP contribution in [-0.4, -0.2) is 12.5 Å². The number of para-hydroxylation sites is 1. The third kappa shape index (κ3) is 4.22. The van der Waals surface area contributed by atoms with Gasteiger partial charge in [-0.3, -0.25) is 4.79 Å². The Labute approximate surface area is 129 Å². The number of nitrogens with zero attached hydrogens (tertiary/aromatic N) is 1. The van der Waals surface area contributed by atoms with E-state index < -0.39 is 0 Å². The van der Waals surface area contributed by atoms with Crippen LogP contribution in [0.2, 0.25) is 0 Å². The van der Waals surface area contributed by atoms with Crippen LogP contribution in [0.25, 0.3) is 6.08 Å². The summed E-state index contributed by atoms with van der Waals surface area (Å²) in [4.78, 5) is 11.9. The SMILES string of the molecule is CCOc1ccc(/C=C/C(=O)Nc2ccccc2C#N)cc1. The van der Waals surface area contributed by atoms with Crippen LogP contribution in [0.5, 0.6) is 5.75 Å². The lowest BCUT2D eigenvalue weighted by molar-refractivity contribution is -0.111. The Kier molecular flexibility index (Phi) is 5.33.